The number of methoxy groups -OCH3 is 2. The molecule has 43 heavy (non-hydrogen) atoms. The summed E-state index contributed by atoms with van der Waals surface area (Å²) in [4.78, 5) is 23.0. The number of hydrogen-bond acceptors (Lipinski definition) is 9. The Labute approximate surface area is 259 Å². The van der Waals surface area contributed by atoms with Gasteiger partial charge in [0.2, 0.25) is 10.0 Å². The van der Waals surface area contributed by atoms with E-state index in [1.54, 1.807) is 41.6 Å². The minimum Gasteiger partial charge on any atom is -0.495 e. The molecule has 0 N–H and O–H groups in total. The van der Waals surface area contributed by atoms with Crippen LogP contribution < -0.4 is 14.4 Å². The fourth-order valence-corrected chi connectivity index (χ4v) is 7.98. The molecule has 1 amide bonds. The zero-order valence-corrected chi connectivity index (χ0v) is 27.7. The SMILES string of the molecule is COc1ccc(OC)c2sc(N(CCCN3CCOCC3)C(=O)c3ccc(S(=O)(=O)N(CC(C)C)CC(C)C)cc3)nc12. The number of anilines is 1. The van der Waals surface area contributed by atoms with Gasteiger partial charge in [-0.25, -0.2) is 13.4 Å². The van der Waals surface area contributed by atoms with Gasteiger partial charge in [-0.2, -0.15) is 4.31 Å². The maximum Gasteiger partial charge on any atom is 0.260 e. The summed E-state index contributed by atoms with van der Waals surface area (Å²) in [6, 6.07) is 9.90. The predicted molar refractivity (Wildman–Crippen MR) is 171 cm³/mol. The second kappa shape index (κ2) is 14.8. The first kappa shape index (κ1) is 33.1. The van der Waals surface area contributed by atoms with Gasteiger partial charge in [0.15, 0.2) is 5.13 Å². The highest BCUT2D eigenvalue weighted by Crippen LogP contribution is 2.40. The minimum atomic E-state index is -3.71. The van der Waals surface area contributed by atoms with Gasteiger partial charge in [-0.3, -0.25) is 14.6 Å². The molecular weight excluding hydrogens is 588 g/mol. The Morgan fingerprint density at radius 3 is 2.16 bits per heavy atom. The minimum absolute atomic E-state index is 0.179. The molecule has 0 aliphatic carbocycles. The van der Waals surface area contributed by atoms with Gasteiger partial charge in [0.1, 0.15) is 21.7 Å². The Hall–Kier alpha value is -2.77. The number of benzene rings is 2. The van der Waals surface area contributed by atoms with Crippen molar-refractivity contribution in [1.82, 2.24) is 14.2 Å². The summed E-state index contributed by atoms with van der Waals surface area (Å²) >= 11 is 1.37. The summed E-state index contributed by atoms with van der Waals surface area (Å²) in [6.07, 6.45) is 0.738. The quantitative estimate of drug-likeness (QED) is 0.245. The standard InChI is InChI=1S/C31H44N4O6S2/c1-22(2)20-34(21-23(3)4)43(37,38)25-10-8-24(9-11-25)30(36)35(15-7-14-33-16-18-41-19-17-33)31-32-28-26(39-5)12-13-27(40-6)29(28)42-31/h8-13,22-23H,7,14-21H2,1-6H3. The lowest BCUT2D eigenvalue weighted by atomic mass is 10.2. The Bertz CT molecular complexity index is 1420. The first-order valence-corrected chi connectivity index (χ1v) is 17.0. The highest BCUT2D eigenvalue weighted by Gasteiger charge is 2.28. The van der Waals surface area contributed by atoms with Gasteiger partial charge < -0.3 is 14.2 Å². The Balaban J connectivity index is 1.64. The molecule has 4 rings (SSSR count). The third-order valence-electron chi connectivity index (χ3n) is 7.21. The number of ether oxygens (including phenoxy) is 3. The predicted octanol–water partition coefficient (Wildman–Crippen LogP) is 4.99. The van der Waals surface area contributed by atoms with Gasteiger partial charge in [-0.05, 0) is 54.7 Å². The molecule has 0 bridgehead atoms. The number of rotatable bonds is 14. The average Bonchev–Trinajstić information content (AvgIpc) is 3.43. The van der Waals surface area contributed by atoms with E-state index in [1.807, 2.05) is 33.8 Å². The van der Waals surface area contributed by atoms with Crippen molar-refractivity contribution in [1.29, 1.82) is 0 Å². The molecule has 3 aromatic rings. The van der Waals surface area contributed by atoms with Crippen LogP contribution in [0.4, 0.5) is 5.13 Å². The number of fused-ring (bicyclic) bond motifs is 1. The molecule has 1 aliphatic heterocycles. The fourth-order valence-electron chi connectivity index (χ4n) is 5.11. The zero-order chi connectivity index (χ0) is 31.1. The van der Waals surface area contributed by atoms with Crippen molar-refractivity contribution in [2.75, 3.05) is 71.6 Å². The van der Waals surface area contributed by atoms with Crippen LogP contribution >= 0.6 is 11.3 Å². The van der Waals surface area contributed by atoms with Crippen LogP contribution in [-0.4, -0.2) is 95.2 Å². The number of amides is 1. The van der Waals surface area contributed by atoms with Crippen LogP contribution in [0.15, 0.2) is 41.3 Å². The molecule has 0 spiro atoms. The molecule has 1 saturated heterocycles. The molecule has 236 valence electrons. The topological polar surface area (TPSA) is 102 Å². The van der Waals surface area contributed by atoms with Crippen molar-refractivity contribution in [3.8, 4) is 11.5 Å². The molecule has 2 heterocycles. The maximum absolute atomic E-state index is 14.0. The van der Waals surface area contributed by atoms with Crippen LogP contribution in [0.5, 0.6) is 11.5 Å². The van der Waals surface area contributed by atoms with Gasteiger partial charge in [-0.1, -0.05) is 39.0 Å². The maximum atomic E-state index is 14.0. The molecule has 1 aliphatic rings. The van der Waals surface area contributed by atoms with E-state index >= 15 is 0 Å². The highest BCUT2D eigenvalue weighted by atomic mass is 32.2. The number of carbonyl (C=O) groups excluding carboxylic acids is 1. The number of morpholine rings is 1. The molecular formula is C31H44N4O6S2. The van der Waals surface area contributed by atoms with Crippen LogP contribution in [0, 0.1) is 11.8 Å². The number of carbonyl (C=O) groups is 1. The van der Waals surface area contributed by atoms with Crippen LogP contribution in [0.3, 0.4) is 0 Å². The van der Waals surface area contributed by atoms with Crippen molar-refractivity contribution in [2.24, 2.45) is 11.8 Å². The number of nitrogens with zero attached hydrogens (tertiary/aromatic N) is 4. The summed E-state index contributed by atoms with van der Waals surface area (Å²) in [5.74, 6) is 1.38. The molecule has 10 nitrogen and oxygen atoms in total. The van der Waals surface area contributed by atoms with E-state index in [2.05, 4.69) is 4.90 Å². The molecule has 1 aromatic heterocycles. The smallest absolute Gasteiger partial charge is 0.260 e. The lowest BCUT2D eigenvalue weighted by Gasteiger charge is -2.28. The average molecular weight is 633 g/mol. The summed E-state index contributed by atoms with van der Waals surface area (Å²) in [7, 11) is -0.521. The third-order valence-corrected chi connectivity index (χ3v) is 10.2. The second-order valence-electron chi connectivity index (χ2n) is 11.5. The lowest BCUT2D eigenvalue weighted by Crippen LogP contribution is -2.39. The summed E-state index contributed by atoms with van der Waals surface area (Å²) in [6.45, 7) is 13.3. The molecule has 12 heteroatoms. The van der Waals surface area contributed by atoms with Gasteiger partial charge in [-0.15, -0.1) is 0 Å². The molecule has 0 radical (unpaired) electrons. The Morgan fingerprint density at radius 1 is 0.977 bits per heavy atom. The second-order valence-corrected chi connectivity index (χ2v) is 14.5. The van der Waals surface area contributed by atoms with E-state index in [0.717, 1.165) is 30.8 Å². The van der Waals surface area contributed by atoms with Crippen molar-refractivity contribution in [3.63, 3.8) is 0 Å². The summed E-state index contributed by atoms with van der Waals surface area (Å²) < 4.78 is 46.0. The number of aromatic nitrogens is 1. The van der Waals surface area contributed by atoms with Crippen molar-refractivity contribution in [2.45, 2.75) is 39.0 Å². The molecule has 2 aromatic carbocycles. The van der Waals surface area contributed by atoms with Crippen LogP contribution in [-0.2, 0) is 14.8 Å². The van der Waals surface area contributed by atoms with Crippen molar-refractivity contribution < 1.29 is 27.4 Å². The highest BCUT2D eigenvalue weighted by molar-refractivity contribution is 7.89. The zero-order valence-electron chi connectivity index (χ0n) is 26.0. The van der Waals surface area contributed by atoms with E-state index in [1.165, 1.54) is 23.5 Å². The molecule has 0 unspecified atom stereocenters. The normalized spacial score (nSPS) is 14.6. The van der Waals surface area contributed by atoms with E-state index in [0.29, 0.717) is 60.6 Å². The van der Waals surface area contributed by atoms with Crippen LogP contribution in [0.2, 0.25) is 0 Å². The molecule has 0 saturated carbocycles. The summed E-state index contributed by atoms with van der Waals surface area (Å²) in [5.41, 5.74) is 1.02. The van der Waals surface area contributed by atoms with Crippen LogP contribution in [0.1, 0.15) is 44.5 Å². The monoisotopic (exact) mass is 632 g/mol. The van der Waals surface area contributed by atoms with E-state index in [4.69, 9.17) is 19.2 Å². The molecule has 0 atom stereocenters. The van der Waals surface area contributed by atoms with E-state index < -0.39 is 10.0 Å². The fraction of sp³-hybridized carbons (Fsp3) is 0.548. The van der Waals surface area contributed by atoms with Crippen LogP contribution in [0.25, 0.3) is 10.2 Å². The number of sulfonamides is 1. The van der Waals surface area contributed by atoms with Crippen molar-refractivity contribution >= 4 is 42.6 Å². The first-order chi connectivity index (χ1) is 20.5. The molecule has 1 fully saturated rings. The number of thiazole rings is 1. The third kappa shape index (κ3) is 8.04. The number of hydrogen-bond donors (Lipinski definition) is 0. The van der Waals surface area contributed by atoms with E-state index in [9.17, 15) is 13.2 Å². The van der Waals surface area contributed by atoms with Gasteiger partial charge in [0.05, 0.1) is 32.3 Å². The van der Waals surface area contributed by atoms with E-state index in [-0.39, 0.29) is 22.6 Å². The largest absolute Gasteiger partial charge is 0.495 e. The van der Waals surface area contributed by atoms with Gasteiger partial charge in [0, 0.05) is 44.8 Å². The van der Waals surface area contributed by atoms with Gasteiger partial charge >= 0.3 is 0 Å². The Kier molecular flexibility index (Phi) is 11.4. The lowest BCUT2D eigenvalue weighted by molar-refractivity contribution is 0.0376. The first-order valence-electron chi connectivity index (χ1n) is 14.8. The Morgan fingerprint density at radius 2 is 1.58 bits per heavy atom. The van der Waals surface area contributed by atoms with Crippen molar-refractivity contribution in [3.05, 3.63) is 42.0 Å². The summed E-state index contributed by atoms with van der Waals surface area (Å²) in [5, 5.41) is 0.529. The van der Waals surface area contributed by atoms with Gasteiger partial charge in [0.25, 0.3) is 5.91 Å².